The zero-order chi connectivity index (χ0) is 16.5. The van der Waals surface area contributed by atoms with Gasteiger partial charge in [0.15, 0.2) is 0 Å². The lowest BCUT2D eigenvalue weighted by molar-refractivity contribution is 0.122. The predicted molar refractivity (Wildman–Crippen MR) is 99.3 cm³/mol. The van der Waals surface area contributed by atoms with Crippen molar-refractivity contribution in [2.75, 3.05) is 26.2 Å². The van der Waals surface area contributed by atoms with Crippen LogP contribution in [0.3, 0.4) is 0 Å². The summed E-state index contributed by atoms with van der Waals surface area (Å²) >= 11 is 0. The van der Waals surface area contributed by atoms with Crippen molar-refractivity contribution >= 4 is 11.0 Å². The van der Waals surface area contributed by atoms with Crippen LogP contribution in [-0.2, 0) is 13.1 Å². The Morgan fingerprint density at radius 2 is 1.83 bits per heavy atom. The van der Waals surface area contributed by atoms with Crippen molar-refractivity contribution in [3.63, 3.8) is 0 Å². The minimum Gasteiger partial charge on any atom is -0.329 e. The first-order chi connectivity index (χ1) is 11.7. The van der Waals surface area contributed by atoms with Crippen molar-refractivity contribution in [3.05, 3.63) is 29.6 Å². The zero-order valence-corrected chi connectivity index (χ0v) is 15.2. The van der Waals surface area contributed by atoms with Crippen LogP contribution in [0.5, 0.6) is 0 Å². The Kier molecular flexibility index (Phi) is 4.59. The van der Waals surface area contributed by atoms with Crippen LogP contribution >= 0.6 is 0 Å². The van der Waals surface area contributed by atoms with Gasteiger partial charge in [-0.2, -0.15) is 0 Å². The largest absolute Gasteiger partial charge is 0.329 e. The van der Waals surface area contributed by atoms with Crippen molar-refractivity contribution in [1.29, 1.82) is 0 Å². The van der Waals surface area contributed by atoms with E-state index in [1.807, 2.05) is 0 Å². The highest BCUT2D eigenvalue weighted by molar-refractivity contribution is 5.76. The highest BCUT2D eigenvalue weighted by atomic mass is 15.2. The van der Waals surface area contributed by atoms with E-state index in [1.165, 1.54) is 62.9 Å². The molecule has 0 bridgehead atoms. The lowest BCUT2D eigenvalue weighted by atomic mass is 10.0. The lowest BCUT2D eigenvalue weighted by Gasteiger charge is -2.36. The highest BCUT2D eigenvalue weighted by Crippen LogP contribution is 2.23. The molecule has 2 aliphatic heterocycles. The van der Waals surface area contributed by atoms with Crippen molar-refractivity contribution in [1.82, 2.24) is 19.4 Å². The number of fused-ring (bicyclic) bond motifs is 1. The highest BCUT2D eigenvalue weighted by Gasteiger charge is 2.26. The van der Waals surface area contributed by atoms with Crippen LogP contribution in [0.25, 0.3) is 11.0 Å². The van der Waals surface area contributed by atoms with E-state index < -0.39 is 0 Å². The summed E-state index contributed by atoms with van der Waals surface area (Å²) in [4.78, 5) is 10.1. The smallest absolute Gasteiger partial charge is 0.106 e. The van der Waals surface area contributed by atoms with E-state index in [9.17, 15) is 0 Å². The molecule has 4 nitrogen and oxygen atoms in total. The molecule has 4 rings (SSSR count). The van der Waals surface area contributed by atoms with Gasteiger partial charge < -0.3 is 9.47 Å². The van der Waals surface area contributed by atoms with E-state index in [4.69, 9.17) is 4.98 Å². The molecule has 1 aromatic heterocycles. The minimum absolute atomic E-state index is 0.842. The molecule has 0 amide bonds. The Morgan fingerprint density at radius 3 is 2.54 bits per heavy atom. The van der Waals surface area contributed by atoms with E-state index in [2.05, 4.69) is 46.4 Å². The van der Waals surface area contributed by atoms with Gasteiger partial charge in [0, 0.05) is 19.1 Å². The van der Waals surface area contributed by atoms with Crippen molar-refractivity contribution in [2.24, 2.45) is 0 Å². The molecule has 0 saturated carbocycles. The molecule has 0 atom stereocenters. The topological polar surface area (TPSA) is 24.3 Å². The summed E-state index contributed by atoms with van der Waals surface area (Å²) in [5.41, 5.74) is 3.83. The van der Waals surface area contributed by atoms with E-state index >= 15 is 0 Å². The van der Waals surface area contributed by atoms with Crippen molar-refractivity contribution < 1.29 is 0 Å². The van der Waals surface area contributed by atoms with Gasteiger partial charge in [-0.3, -0.25) is 4.90 Å². The van der Waals surface area contributed by atoms with Crippen LogP contribution in [0, 0.1) is 6.92 Å². The monoisotopic (exact) mass is 326 g/mol. The number of benzene rings is 1. The summed E-state index contributed by atoms with van der Waals surface area (Å²) in [6.45, 7) is 11.5. The Bertz CT molecular complexity index is 691. The van der Waals surface area contributed by atoms with Gasteiger partial charge in [0.05, 0.1) is 11.0 Å². The molecule has 0 aliphatic carbocycles. The molecule has 2 aromatic rings. The fourth-order valence-corrected chi connectivity index (χ4v) is 4.60. The van der Waals surface area contributed by atoms with Crippen LogP contribution in [-0.4, -0.2) is 51.6 Å². The van der Waals surface area contributed by atoms with E-state index in [0.29, 0.717) is 0 Å². The second-order valence-electron chi connectivity index (χ2n) is 7.48. The number of rotatable bonds is 4. The quantitative estimate of drug-likeness (QED) is 0.860. The molecule has 24 heavy (non-hydrogen) atoms. The summed E-state index contributed by atoms with van der Waals surface area (Å²) in [6, 6.07) is 7.68. The second kappa shape index (κ2) is 6.85. The summed E-state index contributed by atoms with van der Waals surface area (Å²) in [5, 5.41) is 0. The fraction of sp³-hybridized carbons (Fsp3) is 0.650. The van der Waals surface area contributed by atoms with Gasteiger partial charge in [-0.05, 0) is 83.4 Å². The maximum atomic E-state index is 4.74. The first kappa shape index (κ1) is 16.1. The zero-order valence-electron chi connectivity index (χ0n) is 15.2. The molecule has 2 fully saturated rings. The summed E-state index contributed by atoms with van der Waals surface area (Å²) in [5.74, 6) is 1.12. The average molecular weight is 326 g/mol. The molecular weight excluding hydrogens is 296 g/mol. The Morgan fingerprint density at radius 1 is 1.08 bits per heavy atom. The second-order valence-corrected chi connectivity index (χ2v) is 7.48. The van der Waals surface area contributed by atoms with E-state index in [1.54, 1.807) is 0 Å². The van der Waals surface area contributed by atoms with E-state index in [-0.39, 0.29) is 0 Å². The third kappa shape index (κ3) is 3.09. The molecule has 3 heterocycles. The maximum absolute atomic E-state index is 4.74. The molecule has 1 aromatic carbocycles. The van der Waals surface area contributed by atoms with Crippen LogP contribution in [0.2, 0.25) is 0 Å². The molecule has 0 spiro atoms. The first-order valence-electron chi connectivity index (χ1n) is 9.67. The van der Waals surface area contributed by atoms with Crippen LogP contribution in [0.15, 0.2) is 18.2 Å². The number of hydrogen-bond donors (Lipinski definition) is 0. The molecule has 4 heteroatoms. The summed E-state index contributed by atoms with van der Waals surface area (Å²) in [7, 11) is 0. The molecular formula is C20H30N4. The first-order valence-corrected chi connectivity index (χ1v) is 9.67. The predicted octanol–water partition coefficient (Wildman–Crippen LogP) is 3.42. The summed E-state index contributed by atoms with van der Waals surface area (Å²) in [6.07, 6.45) is 5.49. The Balaban J connectivity index is 1.40. The fourth-order valence-electron chi connectivity index (χ4n) is 4.60. The number of piperidine rings is 1. The standard InChI is InChI=1S/C20H30N4/c1-3-24-16(2)21-19-14-17(6-7-20(19)24)15-22-12-8-18(9-13-22)23-10-4-5-11-23/h6-7,14,18H,3-5,8-13,15H2,1-2H3. The molecule has 0 radical (unpaired) electrons. The lowest BCUT2D eigenvalue weighted by Crippen LogP contribution is -2.43. The van der Waals surface area contributed by atoms with Gasteiger partial charge >= 0.3 is 0 Å². The Hall–Kier alpha value is -1.39. The summed E-state index contributed by atoms with van der Waals surface area (Å²) < 4.78 is 2.29. The Labute approximate surface area is 145 Å². The van der Waals surface area contributed by atoms with Crippen LogP contribution < -0.4 is 0 Å². The van der Waals surface area contributed by atoms with Gasteiger partial charge in [0.25, 0.3) is 0 Å². The van der Waals surface area contributed by atoms with Crippen molar-refractivity contribution in [2.45, 2.75) is 58.7 Å². The maximum Gasteiger partial charge on any atom is 0.106 e. The number of nitrogens with zero attached hydrogens (tertiary/aromatic N) is 4. The molecule has 0 N–H and O–H groups in total. The van der Waals surface area contributed by atoms with Gasteiger partial charge in [-0.1, -0.05) is 6.07 Å². The minimum atomic E-state index is 0.842. The third-order valence-electron chi connectivity index (χ3n) is 5.94. The molecule has 0 unspecified atom stereocenters. The normalized spacial score (nSPS) is 21.1. The van der Waals surface area contributed by atoms with Crippen molar-refractivity contribution in [3.8, 4) is 0 Å². The van der Waals surface area contributed by atoms with Crippen LogP contribution in [0.1, 0.15) is 44.0 Å². The number of hydrogen-bond acceptors (Lipinski definition) is 3. The van der Waals surface area contributed by atoms with Gasteiger partial charge in [0.1, 0.15) is 5.82 Å². The van der Waals surface area contributed by atoms with E-state index in [0.717, 1.165) is 30.5 Å². The molecule has 2 aliphatic rings. The van der Waals surface area contributed by atoms with Gasteiger partial charge in [-0.15, -0.1) is 0 Å². The number of aromatic nitrogens is 2. The van der Waals surface area contributed by atoms with Gasteiger partial charge in [-0.25, -0.2) is 4.98 Å². The number of imidazole rings is 1. The third-order valence-corrected chi connectivity index (χ3v) is 5.94. The average Bonchev–Trinajstić information content (AvgIpc) is 3.22. The molecule has 130 valence electrons. The molecule has 2 saturated heterocycles. The number of aryl methyl sites for hydroxylation is 2. The van der Waals surface area contributed by atoms with Gasteiger partial charge in [0.2, 0.25) is 0 Å². The van der Waals surface area contributed by atoms with Crippen LogP contribution in [0.4, 0.5) is 0 Å². The number of likely N-dealkylation sites (tertiary alicyclic amines) is 2. The SMILES string of the molecule is CCn1c(C)nc2cc(CN3CCC(N4CCCC4)CC3)ccc21.